The van der Waals surface area contributed by atoms with Crippen molar-refractivity contribution in [3.8, 4) is 0 Å². The van der Waals surface area contributed by atoms with Gasteiger partial charge in [-0.25, -0.2) is 4.79 Å². The summed E-state index contributed by atoms with van der Waals surface area (Å²) in [4.78, 5) is 24.2. The Hall–Kier alpha value is -2.34. The maximum Gasteiger partial charge on any atom is 0.316 e. The van der Waals surface area contributed by atoms with Crippen molar-refractivity contribution in [3.05, 3.63) is 52.2 Å². The number of nitrogens with two attached hydrogens (primary N) is 1. The van der Waals surface area contributed by atoms with Crippen molar-refractivity contribution >= 4 is 29.0 Å². The third-order valence-corrected chi connectivity index (χ3v) is 3.76. The smallest absolute Gasteiger partial charge is 0.316 e. The average molecular weight is 303 g/mol. The second kappa shape index (κ2) is 6.90. The maximum atomic E-state index is 12.2. The molecule has 0 aliphatic heterocycles. The van der Waals surface area contributed by atoms with E-state index in [2.05, 4.69) is 10.6 Å². The van der Waals surface area contributed by atoms with Crippen LogP contribution in [0.1, 0.15) is 22.2 Å². The fourth-order valence-corrected chi connectivity index (χ4v) is 2.80. The van der Waals surface area contributed by atoms with Gasteiger partial charge in [-0.1, -0.05) is 12.1 Å². The van der Waals surface area contributed by atoms with Gasteiger partial charge in [0.1, 0.15) is 0 Å². The summed E-state index contributed by atoms with van der Waals surface area (Å²) in [5, 5.41) is 7.41. The van der Waals surface area contributed by atoms with Gasteiger partial charge in [-0.05, 0) is 36.6 Å². The Kier molecular flexibility index (Phi) is 4.94. The van der Waals surface area contributed by atoms with Crippen LogP contribution in [0.25, 0.3) is 0 Å². The first-order chi connectivity index (χ1) is 10.0. The predicted octanol–water partition coefficient (Wildman–Crippen LogP) is 2.60. The third-order valence-electron chi connectivity index (χ3n) is 2.86. The van der Waals surface area contributed by atoms with Gasteiger partial charge in [0, 0.05) is 28.6 Å². The molecule has 0 fully saturated rings. The van der Waals surface area contributed by atoms with Crippen LogP contribution in [0.3, 0.4) is 0 Å². The lowest BCUT2D eigenvalue weighted by molar-refractivity contribution is 0.0940. The van der Waals surface area contributed by atoms with Crippen LogP contribution in [0.4, 0.5) is 10.5 Å². The molecule has 1 aromatic heterocycles. The molecular weight excluding hydrogens is 286 g/mol. The van der Waals surface area contributed by atoms with E-state index in [0.29, 0.717) is 11.3 Å². The van der Waals surface area contributed by atoms with Gasteiger partial charge in [-0.15, -0.1) is 11.3 Å². The molecule has 0 bridgehead atoms. The van der Waals surface area contributed by atoms with E-state index in [1.54, 1.807) is 35.6 Å². The highest BCUT2D eigenvalue weighted by atomic mass is 32.1. The summed E-state index contributed by atoms with van der Waals surface area (Å²) in [7, 11) is 0. The Morgan fingerprint density at radius 3 is 2.76 bits per heavy atom. The van der Waals surface area contributed by atoms with Gasteiger partial charge in [0.15, 0.2) is 0 Å². The van der Waals surface area contributed by atoms with Crippen LogP contribution in [0.2, 0.25) is 0 Å². The van der Waals surface area contributed by atoms with E-state index >= 15 is 0 Å². The maximum absolute atomic E-state index is 12.2. The van der Waals surface area contributed by atoms with Gasteiger partial charge in [0.2, 0.25) is 0 Å². The fraction of sp³-hybridized carbons (Fsp3) is 0.200. The van der Waals surface area contributed by atoms with Gasteiger partial charge in [-0.3, -0.25) is 4.79 Å². The molecule has 2 aromatic rings. The Balaban J connectivity index is 1.97. The zero-order valence-electron chi connectivity index (χ0n) is 11.6. The van der Waals surface area contributed by atoms with Gasteiger partial charge >= 0.3 is 6.03 Å². The lowest BCUT2D eigenvalue weighted by atomic mass is 10.1. The summed E-state index contributed by atoms with van der Waals surface area (Å²) in [6, 6.07) is 10.1. The number of nitrogens with one attached hydrogen (secondary N) is 2. The van der Waals surface area contributed by atoms with E-state index in [-0.39, 0.29) is 11.9 Å². The molecule has 4 N–H and O–H groups in total. The number of primary amides is 1. The minimum Gasteiger partial charge on any atom is -0.351 e. The topological polar surface area (TPSA) is 84.2 Å². The minimum atomic E-state index is -0.654. The third kappa shape index (κ3) is 4.61. The van der Waals surface area contributed by atoms with Gasteiger partial charge in [0.05, 0.1) is 0 Å². The van der Waals surface area contributed by atoms with Crippen molar-refractivity contribution in [1.82, 2.24) is 5.32 Å². The first kappa shape index (κ1) is 15.1. The summed E-state index contributed by atoms with van der Waals surface area (Å²) < 4.78 is 0. The first-order valence-electron chi connectivity index (χ1n) is 6.54. The van der Waals surface area contributed by atoms with E-state index in [1.165, 1.54) is 4.88 Å². The number of urea groups is 1. The Morgan fingerprint density at radius 2 is 2.10 bits per heavy atom. The SMILES string of the molecule is CC(Cc1cccs1)NC(=O)c1cccc(NC(N)=O)c1. The standard InChI is InChI=1S/C15H17N3O2S/c1-10(8-13-6-3-7-21-13)17-14(19)11-4-2-5-12(9-11)18-15(16)20/h2-7,9-10H,8H2,1H3,(H,17,19)(H3,16,18,20). The number of amides is 3. The van der Waals surface area contributed by atoms with Crippen molar-refractivity contribution in [2.45, 2.75) is 19.4 Å². The van der Waals surface area contributed by atoms with Crippen LogP contribution in [0.15, 0.2) is 41.8 Å². The molecule has 110 valence electrons. The molecule has 5 nitrogen and oxygen atoms in total. The van der Waals surface area contributed by atoms with E-state index in [4.69, 9.17) is 5.73 Å². The molecule has 2 rings (SSSR count). The molecule has 1 unspecified atom stereocenters. The van der Waals surface area contributed by atoms with Crippen LogP contribution in [-0.2, 0) is 6.42 Å². The normalized spacial score (nSPS) is 11.7. The number of carbonyl (C=O) groups is 2. The summed E-state index contributed by atoms with van der Waals surface area (Å²) in [5.41, 5.74) is 6.04. The Labute approximate surface area is 127 Å². The van der Waals surface area contributed by atoms with Crippen molar-refractivity contribution in [1.29, 1.82) is 0 Å². The highest BCUT2D eigenvalue weighted by Gasteiger charge is 2.11. The molecule has 0 spiro atoms. The monoisotopic (exact) mass is 303 g/mol. The van der Waals surface area contributed by atoms with Crippen molar-refractivity contribution in [3.63, 3.8) is 0 Å². The molecule has 0 aliphatic carbocycles. The van der Waals surface area contributed by atoms with Crippen LogP contribution in [0, 0.1) is 0 Å². The molecule has 6 heteroatoms. The molecule has 0 saturated heterocycles. The van der Waals surface area contributed by atoms with Crippen LogP contribution in [0.5, 0.6) is 0 Å². The highest BCUT2D eigenvalue weighted by molar-refractivity contribution is 7.09. The van der Waals surface area contributed by atoms with Gasteiger partial charge in [-0.2, -0.15) is 0 Å². The zero-order valence-corrected chi connectivity index (χ0v) is 12.4. The molecule has 0 saturated carbocycles. The van der Waals surface area contributed by atoms with Gasteiger partial charge < -0.3 is 16.4 Å². The van der Waals surface area contributed by atoms with Crippen molar-refractivity contribution in [2.75, 3.05) is 5.32 Å². The van der Waals surface area contributed by atoms with E-state index < -0.39 is 6.03 Å². The number of anilines is 1. The largest absolute Gasteiger partial charge is 0.351 e. The van der Waals surface area contributed by atoms with Crippen molar-refractivity contribution < 1.29 is 9.59 Å². The van der Waals surface area contributed by atoms with E-state index in [0.717, 1.165) is 6.42 Å². The zero-order chi connectivity index (χ0) is 15.2. The minimum absolute atomic E-state index is 0.0314. The predicted molar refractivity (Wildman–Crippen MR) is 84.6 cm³/mol. The van der Waals surface area contributed by atoms with Crippen LogP contribution in [-0.4, -0.2) is 18.0 Å². The van der Waals surface area contributed by atoms with Gasteiger partial charge in [0.25, 0.3) is 5.91 Å². The average Bonchev–Trinajstić information content (AvgIpc) is 2.90. The number of thiophene rings is 1. The molecule has 3 amide bonds. The number of rotatable bonds is 5. The second-order valence-corrected chi connectivity index (χ2v) is 5.76. The molecule has 21 heavy (non-hydrogen) atoms. The van der Waals surface area contributed by atoms with Crippen LogP contribution >= 0.6 is 11.3 Å². The van der Waals surface area contributed by atoms with Crippen molar-refractivity contribution in [2.24, 2.45) is 5.73 Å². The molecule has 0 radical (unpaired) electrons. The lowest BCUT2D eigenvalue weighted by Gasteiger charge is -2.13. The molecule has 1 heterocycles. The van der Waals surface area contributed by atoms with E-state index in [9.17, 15) is 9.59 Å². The quantitative estimate of drug-likeness (QED) is 0.793. The fourth-order valence-electron chi connectivity index (χ4n) is 1.97. The Morgan fingerprint density at radius 1 is 1.29 bits per heavy atom. The van der Waals surface area contributed by atoms with Crippen LogP contribution < -0.4 is 16.4 Å². The first-order valence-corrected chi connectivity index (χ1v) is 7.42. The number of hydrogen-bond donors (Lipinski definition) is 3. The number of benzene rings is 1. The lowest BCUT2D eigenvalue weighted by Crippen LogP contribution is -2.34. The summed E-state index contributed by atoms with van der Waals surface area (Å²) in [5.74, 6) is -0.174. The second-order valence-electron chi connectivity index (χ2n) is 4.73. The highest BCUT2D eigenvalue weighted by Crippen LogP contribution is 2.13. The number of carbonyl (C=O) groups excluding carboxylic acids is 2. The summed E-state index contributed by atoms with van der Waals surface area (Å²) in [6.07, 6.45) is 0.794. The molecule has 0 aliphatic rings. The molecule has 1 atom stereocenters. The Bertz CT molecular complexity index is 626. The molecule has 1 aromatic carbocycles. The summed E-state index contributed by atoms with van der Waals surface area (Å²) in [6.45, 7) is 1.96. The molecular formula is C15H17N3O2S. The number of hydrogen-bond acceptors (Lipinski definition) is 3. The summed E-state index contributed by atoms with van der Waals surface area (Å²) >= 11 is 1.67. The van der Waals surface area contributed by atoms with E-state index in [1.807, 2.05) is 24.4 Å².